The van der Waals surface area contributed by atoms with Crippen LogP contribution < -0.4 is 5.32 Å². The highest BCUT2D eigenvalue weighted by molar-refractivity contribution is 7.08. The molecule has 1 heterocycles. The minimum Gasteiger partial charge on any atom is -0.481 e. The number of aryl methyl sites for hydroxylation is 1. The SMILES string of the molecule is Cc1cc(C(F)(F)F)ccc1Nc1cscc1CC(=O)O. The quantitative estimate of drug-likeness (QED) is 0.876. The van der Waals surface area contributed by atoms with Gasteiger partial charge in [-0.3, -0.25) is 4.79 Å². The monoisotopic (exact) mass is 315 g/mol. The summed E-state index contributed by atoms with van der Waals surface area (Å²) < 4.78 is 37.8. The number of carbonyl (C=O) groups is 1. The van der Waals surface area contributed by atoms with E-state index in [-0.39, 0.29) is 6.42 Å². The van der Waals surface area contributed by atoms with Gasteiger partial charge in [0.05, 0.1) is 17.7 Å². The summed E-state index contributed by atoms with van der Waals surface area (Å²) in [4.78, 5) is 10.7. The van der Waals surface area contributed by atoms with E-state index in [0.29, 0.717) is 22.5 Å². The first-order chi connectivity index (χ1) is 9.77. The predicted octanol–water partition coefficient (Wildman–Crippen LogP) is 4.45. The maximum Gasteiger partial charge on any atom is 0.416 e. The molecule has 112 valence electrons. The molecule has 0 amide bonds. The lowest BCUT2D eigenvalue weighted by Gasteiger charge is -2.13. The third kappa shape index (κ3) is 3.75. The molecule has 0 saturated carbocycles. The first kappa shape index (κ1) is 15.4. The zero-order chi connectivity index (χ0) is 15.6. The van der Waals surface area contributed by atoms with Crippen molar-refractivity contribution in [2.45, 2.75) is 19.5 Å². The van der Waals surface area contributed by atoms with Crippen molar-refractivity contribution in [3.63, 3.8) is 0 Å². The Morgan fingerprint density at radius 3 is 2.57 bits per heavy atom. The minimum absolute atomic E-state index is 0.133. The highest BCUT2D eigenvalue weighted by Crippen LogP contribution is 2.33. The lowest BCUT2D eigenvalue weighted by molar-refractivity contribution is -0.138. The Kier molecular flexibility index (Phi) is 4.22. The van der Waals surface area contributed by atoms with Gasteiger partial charge in [0, 0.05) is 11.1 Å². The number of carboxylic acid groups (broad SMARTS) is 1. The molecule has 2 rings (SSSR count). The fraction of sp³-hybridized carbons (Fsp3) is 0.214. The van der Waals surface area contributed by atoms with Gasteiger partial charge in [-0.2, -0.15) is 13.2 Å². The first-order valence-corrected chi connectivity index (χ1v) is 6.93. The third-order valence-corrected chi connectivity index (χ3v) is 3.70. The number of halogens is 3. The molecule has 2 aromatic rings. The van der Waals surface area contributed by atoms with Crippen molar-refractivity contribution in [1.82, 2.24) is 0 Å². The van der Waals surface area contributed by atoms with Gasteiger partial charge in [-0.05, 0) is 41.6 Å². The summed E-state index contributed by atoms with van der Waals surface area (Å²) >= 11 is 1.33. The summed E-state index contributed by atoms with van der Waals surface area (Å²) in [5.41, 5.74) is 1.46. The van der Waals surface area contributed by atoms with E-state index in [1.807, 2.05) is 0 Å². The fourth-order valence-electron chi connectivity index (χ4n) is 1.86. The molecule has 0 spiro atoms. The van der Waals surface area contributed by atoms with E-state index < -0.39 is 17.7 Å². The number of alkyl halides is 3. The van der Waals surface area contributed by atoms with Crippen LogP contribution in [0.3, 0.4) is 0 Å². The molecule has 0 aliphatic carbocycles. The molecule has 0 fully saturated rings. The Bertz CT molecular complexity index is 664. The van der Waals surface area contributed by atoms with Crippen LogP contribution in [0.1, 0.15) is 16.7 Å². The van der Waals surface area contributed by atoms with Gasteiger partial charge in [0.1, 0.15) is 0 Å². The number of nitrogens with one attached hydrogen (secondary N) is 1. The van der Waals surface area contributed by atoms with Gasteiger partial charge >= 0.3 is 12.1 Å². The number of rotatable bonds is 4. The number of anilines is 2. The average molecular weight is 315 g/mol. The fourth-order valence-corrected chi connectivity index (χ4v) is 2.65. The lowest BCUT2D eigenvalue weighted by Crippen LogP contribution is -2.06. The van der Waals surface area contributed by atoms with Crippen LogP contribution in [-0.4, -0.2) is 11.1 Å². The average Bonchev–Trinajstić information content (AvgIpc) is 2.77. The first-order valence-electron chi connectivity index (χ1n) is 5.99. The largest absolute Gasteiger partial charge is 0.481 e. The molecule has 2 N–H and O–H groups in total. The Labute approximate surface area is 123 Å². The highest BCUT2D eigenvalue weighted by Gasteiger charge is 2.30. The van der Waals surface area contributed by atoms with Gasteiger partial charge in [0.15, 0.2) is 0 Å². The molecule has 1 aromatic heterocycles. The smallest absolute Gasteiger partial charge is 0.416 e. The number of hydrogen-bond acceptors (Lipinski definition) is 3. The minimum atomic E-state index is -4.37. The van der Waals surface area contributed by atoms with Crippen LogP contribution in [0, 0.1) is 6.92 Å². The van der Waals surface area contributed by atoms with E-state index in [1.54, 1.807) is 17.7 Å². The Morgan fingerprint density at radius 2 is 2.00 bits per heavy atom. The number of thiophene rings is 1. The van der Waals surface area contributed by atoms with E-state index in [9.17, 15) is 18.0 Å². The molecule has 21 heavy (non-hydrogen) atoms. The summed E-state index contributed by atoms with van der Waals surface area (Å²) in [6.07, 6.45) is -4.51. The van der Waals surface area contributed by atoms with E-state index in [1.165, 1.54) is 17.4 Å². The van der Waals surface area contributed by atoms with Crippen LogP contribution >= 0.6 is 11.3 Å². The topological polar surface area (TPSA) is 49.3 Å². The maximum absolute atomic E-state index is 12.6. The van der Waals surface area contributed by atoms with E-state index in [0.717, 1.165) is 12.1 Å². The van der Waals surface area contributed by atoms with Gasteiger partial charge in [-0.15, -0.1) is 11.3 Å². The van der Waals surface area contributed by atoms with Crippen LogP contribution in [0.15, 0.2) is 29.0 Å². The standard InChI is InChI=1S/C14H12F3NO2S/c1-8-4-10(14(15,16)17)2-3-11(8)18-12-7-21-6-9(12)5-13(19)20/h2-4,6-7,18H,5H2,1H3,(H,19,20). The van der Waals surface area contributed by atoms with Crippen LogP contribution in [0.2, 0.25) is 0 Å². The molecule has 0 bridgehead atoms. The van der Waals surface area contributed by atoms with Crippen LogP contribution in [-0.2, 0) is 17.4 Å². The molecule has 0 radical (unpaired) electrons. The van der Waals surface area contributed by atoms with Crippen molar-refractivity contribution in [2.24, 2.45) is 0 Å². The van der Waals surface area contributed by atoms with Crippen molar-refractivity contribution in [2.75, 3.05) is 5.32 Å². The molecule has 0 saturated heterocycles. The number of hydrogen-bond donors (Lipinski definition) is 2. The molecule has 3 nitrogen and oxygen atoms in total. The molecule has 0 aliphatic heterocycles. The van der Waals surface area contributed by atoms with Gasteiger partial charge < -0.3 is 10.4 Å². The Balaban J connectivity index is 2.25. The second-order valence-corrected chi connectivity index (χ2v) is 5.28. The third-order valence-electron chi connectivity index (χ3n) is 2.91. The Hall–Kier alpha value is -2.02. The van der Waals surface area contributed by atoms with Gasteiger partial charge in [-0.25, -0.2) is 0 Å². The Morgan fingerprint density at radius 1 is 1.29 bits per heavy atom. The van der Waals surface area contributed by atoms with Gasteiger partial charge in [0.25, 0.3) is 0 Å². The summed E-state index contributed by atoms with van der Waals surface area (Å²) in [6, 6.07) is 3.41. The van der Waals surface area contributed by atoms with Crippen LogP contribution in [0.4, 0.5) is 24.5 Å². The summed E-state index contributed by atoms with van der Waals surface area (Å²) in [5.74, 6) is -0.958. The molecule has 0 atom stereocenters. The van der Waals surface area contributed by atoms with Crippen molar-refractivity contribution in [3.8, 4) is 0 Å². The van der Waals surface area contributed by atoms with Crippen molar-refractivity contribution >= 4 is 28.7 Å². The van der Waals surface area contributed by atoms with Gasteiger partial charge in [-0.1, -0.05) is 0 Å². The summed E-state index contributed by atoms with van der Waals surface area (Å²) in [6.45, 7) is 1.57. The number of aliphatic carboxylic acids is 1. The molecule has 0 aliphatic rings. The molecule has 1 aromatic carbocycles. The van der Waals surface area contributed by atoms with E-state index >= 15 is 0 Å². The van der Waals surface area contributed by atoms with Crippen molar-refractivity contribution in [3.05, 3.63) is 45.6 Å². The second-order valence-electron chi connectivity index (χ2n) is 4.53. The van der Waals surface area contributed by atoms with Crippen molar-refractivity contribution < 1.29 is 23.1 Å². The number of carboxylic acids is 1. The molecular formula is C14H12F3NO2S. The van der Waals surface area contributed by atoms with Crippen molar-refractivity contribution in [1.29, 1.82) is 0 Å². The molecule has 7 heteroatoms. The van der Waals surface area contributed by atoms with Gasteiger partial charge in [0.2, 0.25) is 0 Å². The molecular weight excluding hydrogens is 303 g/mol. The summed E-state index contributed by atoms with van der Waals surface area (Å²) in [7, 11) is 0. The zero-order valence-corrected chi connectivity index (χ0v) is 11.8. The lowest BCUT2D eigenvalue weighted by atomic mass is 10.1. The summed E-state index contributed by atoms with van der Waals surface area (Å²) in [5, 5.41) is 15.2. The highest BCUT2D eigenvalue weighted by atomic mass is 32.1. The van der Waals surface area contributed by atoms with Crippen LogP contribution in [0.25, 0.3) is 0 Å². The van der Waals surface area contributed by atoms with E-state index in [2.05, 4.69) is 5.32 Å². The van der Waals surface area contributed by atoms with Crippen LogP contribution in [0.5, 0.6) is 0 Å². The predicted molar refractivity (Wildman–Crippen MR) is 75.1 cm³/mol. The number of benzene rings is 1. The normalized spacial score (nSPS) is 11.4. The maximum atomic E-state index is 12.6. The zero-order valence-electron chi connectivity index (χ0n) is 11.0. The second kappa shape index (κ2) is 5.77. The molecule has 0 unspecified atom stereocenters. The van der Waals surface area contributed by atoms with E-state index in [4.69, 9.17) is 5.11 Å².